The first-order chi connectivity index (χ1) is 9.16. The molecule has 5 nitrogen and oxygen atoms in total. The van der Waals surface area contributed by atoms with Gasteiger partial charge < -0.3 is 10.8 Å². The Labute approximate surface area is 120 Å². The van der Waals surface area contributed by atoms with Crippen LogP contribution in [0.3, 0.4) is 0 Å². The molecule has 0 bridgehead atoms. The summed E-state index contributed by atoms with van der Waals surface area (Å²) in [6, 6.07) is 6.35. The van der Waals surface area contributed by atoms with E-state index in [1.807, 2.05) is 0 Å². The molecule has 0 unspecified atom stereocenters. The van der Waals surface area contributed by atoms with Crippen LogP contribution in [0.1, 0.15) is 19.4 Å². The second-order valence-electron chi connectivity index (χ2n) is 5.11. The maximum Gasteiger partial charge on any atom is 0.242 e. The average Bonchev–Trinajstić information content (AvgIpc) is 2.34. The van der Waals surface area contributed by atoms with Crippen molar-refractivity contribution < 1.29 is 13.5 Å². The minimum atomic E-state index is -3.65. The topological polar surface area (TPSA) is 83.6 Å². The molecule has 0 amide bonds. The van der Waals surface area contributed by atoms with Crippen molar-refractivity contribution >= 4 is 10.0 Å². The lowest BCUT2D eigenvalue weighted by Gasteiger charge is -2.25. The summed E-state index contributed by atoms with van der Waals surface area (Å²) in [5.74, 6) is 5.48. The third-order valence-corrected chi connectivity index (χ3v) is 4.29. The summed E-state index contributed by atoms with van der Waals surface area (Å²) in [6.07, 6.45) is 0. The molecule has 3 N–H and O–H groups in total. The Balaban J connectivity index is 3.10. The highest BCUT2D eigenvalue weighted by Gasteiger charge is 2.26. The maximum absolute atomic E-state index is 12.4. The molecule has 0 fully saturated rings. The van der Waals surface area contributed by atoms with Crippen molar-refractivity contribution in [1.82, 2.24) is 4.31 Å². The van der Waals surface area contributed by atoms with Gasteiger partial charge in [-0.15, -0.1) is 0 Å². The standard InChI is InChI=1S/C14H20N2O3S/c1-14(2,17)11-16(3)20(18,19)13-8-4-6-12(10-13)7-5-9-15/h4,6,8,10,17H,9,11,15H2,1-3H3. The van der Waals surface area contributed by atoms with Gasteiger partial charge in [-0.05, 0) is 32.0 Å². The van der Waals surface area contributed by atoms with Gasteiger partial charge in [0.2, 0.25) is 10.0 Å². The third kappa shape index (κ3) is 4.62. The van der Waals surface area contributed by atoms with E-state index in [-0.39, 0.29) is 18.0 Å². The van der Waals surface area contributed by atoms with E-state index < -0.39 is 15.6 Å². The average molecular weight is 296 g/mol. The zero-order chi connectivity index (χ0) is 15.4. The molecule has 0 aliphatic rings. The molecular weight excluding hydrogens is 276 g/mol. The molecule has 1 aromatic carbocycles. The maximum atomic E-state index is 12.4. The van der Waals surface area contributed by atoms with Crippen molar-refractivity contribution in [3.8, 4) is 11.8 Å². The molecule has 20 heavy (non-hydrogen) atoms. The van der Waals surface area contributed by atoms with Gasteiger partial charge >= 0.3 is 0 Å². The first kappa shape index (κ1) is 16.7. The second kappa shape index (κ2) is 6.37. The molecule has 0 radical (unpaired) electrons. The van der Waals surface area contributed by atoms with Crippen molar-refractivity contribution in [2.24, 2.45) is 5.73 Å². The minimum Gasteiger partial charge on any atom is -0.389 e. The van der Waals surface area contributed by atoms with Gasteiger partial charge in [-0.3, -0.25) is 0 Å². The highest BCUT2D eigenvalue weighted by molar-refractivity contribution is 7.89. The summed E-state index contributed by atoms with van der Waals surface area (Å²) in [5, 5.41) is 9.73. The largest absolute Gasteiger partial charge is 0.389 e. The van der Waals surface area contributed by atoms with Crippen molar-refractivity contribution in [2.75, 3.05) is 20.1 Å². The lowest BCUT2D eigenvalue weighted by molar-refractivity contribution is 0.0640. The van der Waals surface area contributed by atoms with E-state index in [1.165, 1.54) is 19.2 Å². The Morgan fingerprint density at radius 3 is 2.60 bits per heavy atom. The van der Waals surface area contributed by atoms with Gasteiger partial charge in [-0.25, -0.2) is 8.42 Å². The molecule has 1 rings (SSSR count). The predicted molar refractivity (Wildman–Crippen MR) is 78.5 cm³/mol. The highest BCUT2D eigenvalue weighted by atomic mass is 32.2. The highest BCUT2D eigenvalue weighted by Crippen LogP contribution is 2.17. The number of sulfonamides is 1. The summed E-state index contributed by atoms with van der Waals surface area (Å²) in [6.45, 7) is 3.34. The van der Waals surface area contributed by atoms with E-state index in [2.05, 4.69) is 11.8 Å². The van der Waals surface area contributed by atoms with Crippen LogP contribution in [-0.4, -0.2) is 43.6 Å². The molecule has 0 aromatic heterocycles. The molecule has 0 atom stereocenters. The minimum absolute atomic E-state index is 0.00798. The van der Waals surface area contributed by atoms with Crippen LogP contribution in [-0.2, 0) is 10.0 Å². The normalized spacial score (nSPS) is 12.1. The van der Waals surface area contributed by atoms with Crippen molar-refractivity contribution in [1.29, 1.82) is 0 Å². The van der Waals surface area contributed by atoms with Crippen LogP contribution in [0.5, 0.6) is 0 Å². The molecule has 0 saturated carbocycles. The van der Waals surface area contributed by atoms with Gasteiger partial charge in [0, 0.05) is 19.2 Å². The molecule has 0 heterocycles. The van der Waals surface area contributed by atoms with Gasteiger partial charge in [0.25, 0.3) is 0 Å². The molecular formula is C14H20N2O3S. The fourth-order valence-electron chi connectivity index (χ4n) is 1.70. The van der Waals surface area contributed by atoms with Crippen LogP contribution in [0.15, 0.2) is 29.2 Å². The molecule has 110 valence electrons. The van der Waals surface area contributed by atoms with Crippen molar-refractivity contribution in [3.05, 3.63) is 29.8 Å². The third-order valence-electron chi connectivity index (χ3n) is 2.49. The lowest BCUT2D eigenvalue weighted by atomic mass is 10.1. The molecule has 0 spiro atoms. The molecule has 0 saturated heterocycles. The van der Waals surface area contributed by atoms with E-state index >= 15 is 0 Å². The lowest BCUT2D eigenvalue weighted by Crippen LogP contribution is -2.39. The van der Waals surface area contributed by atoms with Gasteiger partial charge in [0.15, 0.2) is 0 Å². The number of benzene rings is 1. The molecule has 6 heteroatoms. The van der Waals surface area contributed by atoms with E-state index in [1.54, 1.807) is 26.0 Å². The first-order valence-electron chi connectivity index (χ1n) is 6.14. The number of rotatable bonds is 4. The number of likely N-dealkylation sites (N-methyl/N-ethyl adjacent to an activating group) is 1. The van der Waals surface area contributed by atoms with Crippen LogP contribution in [0.2, 0.25) is 0 Å². The second-order valence-corrected chi connectivity index (χ2v) is 7.15. The fraction of sp³-hybridized carbons (Fsp3) is 0.429. The number of aliphatic hydroxyl groups is 1. The van der Waals surface area contributed by atoms with Gasteiger partial charge in [-0.2, -0.15) is 4.31 Å². The number of hydrogen-bond donors (Lipinski definition) is 2. The van der Waals surface area contributed by atoms with E-state index in [0.717, 1.165) is 4.31 Å². The Hall–Kier alpha value is -1.39. The summed E-state index contributed by atoms with van der Waals surface area (Å²) in [7, 11) is -2.21. The van der Waals surface area contributed by atoms with Crippen molar-refractivity contribution in [3.63, 3.8) is 0 Å². The number of nitrogens with two attached hydrogens (primary N) is 1. The van der Waals surface area contributed by atoms with Crippen LogP contribution >= 0.6 is 0 Å². The van der Waals surface area contributed by atoms with Crippen LogP contribution < -0.4 is 5.73 Å². The molecule has 0 aliphatic carbocycles. The van der Waals surface area contributed by atoms with Gasteiger partial charge in [0.05, 0.1) is 17.0 Å². The first-order valence-corrected chi connectivity index (χ1v) is 7.58. The Morgan fingerprint density at radius 2 is 2.05 bits per heavy atom. The molecule has 1 aromatic rings. The Kier molecular flexibility index (Phi) is 5.31. The smallest absolute Gasteiger partial charge is 0.242 e. The van der Waals surface area contributed by atoms with E-state index in [9.17, 15) is 13.5 Å². The zero-order valence-corrected chi connectivity index (χ0v) is 12.7. The van der Waals surface area contributed by atoms with E-state index in [4.69, 9.17) is 5.73 Å². The Morgan fingerprint density at radius 1 is 1.40 bits per heavy atom. The monoisotopic (exact) mass is 296 g/mol. The number of nitrogens with zero attached hydrogens (tertiary/aromatic N) is 1. The van der Waals surface area contributed by atoms with Gasteiger partial charge in [-0.1, -0.05) is 17.9 Å². The Bertz CT molecular complexity index is 622. The van der Waals surface area contributed by atoms with Crippen LogP contribution in [0.25, 0.3) is 0 Å². The van der Waals surface area contributed by atoms with Gasteiger partial charge in [0.1, 0.15) is 0 Å². The number of hydrogen-bond acceptors (Lipinski definition) is 4. The van der Waals surface area contributed by atoms with Crippen LogP contribution in [0, 0.1) is 11.8 Å². The molecule has 0 aliphatic heterocycles. The zero-order valence-electron chi connectivity index (χ0n) is 11.9. The fourth-order valence-corrected chi connectivity index (χ4v) is 3.07. The SMILES string of the molecule is CN(CC(C)(C)O)S(=O)(=O)c1cccc(C#CCN)c1. The quantitative estimate of drug-likeness (QED) is 0.787. The predicted octanol–water partition coefficient (Wildman–Crippen LogP) is 0.388. The summed E-state index contributed by atoms with van der Waals surface area (Å²) in [5.41, 5.74) is 4.78. The van der Waals surface area contributed by atoms with E-state index in [0.29, 0.717) is 5.56 Å². The van der Waals surface area contributed by atoms with Crippen molar-refractivity contribution in [2.45, 2.75) is 24.3 Å². The summed E-state index contributed by atoms with van der Waals surface area (Å²) >= 11 is 0. The summed E-state index contributed by atoms with van der Waals surface area (Å²) in [4.78, 5) is 0.146. The van der Waals surface area contributed by atoms with Crippen LogP contribution in [0.4, 0.5) is 0 Å². The summed E-state index contributed by atoms with van der Waals surface area (Å²) < 4.78 is 25.9.